The van der Waals surface area contributed by atoms with E-state index in [0.717, 1.165) is 10.8 Å². The van der Waals surface area contributed by atoms with Gasteiger partial charge < -0.3 is 5.32 Å². The van der Waals surface area contributed by atoms with E-state index < -0.39 is 0 Å². The van der Waals surface area contributed by atoms with Crippen LogP contribution in [0.15, 0.2) is 59.1 Å². The number of hydrogen-bond acceptors (Lipinski definition) is 6. The van der Waals surface area contributed by atoms with Gasteiger partial charge in [0.15, 0.2) is 5.13 Å². The standard InChI is InChI=1S/C19H18N4O2S2/c1-2-26-17-9-8-14(11-20-17)21-16(24)10-15-12-27-19(22-15)23-18(25)13-6-4-3-5-7-13/h3-9,11-12H,2,10H2,1H3,(H,21,24)(H,22,23,25). The quantitative estimate of drug-likeness (QED) is 0.586. The molecule has 27 heavy (non-hydrogen) atoms. The van der Waals surface area contributed by atoms with Crippen LogP contribution in [-0.4, -0.2) is 27.5 Å². The lowest BCUT2D eigenvalue weighted by Gasteiger charge is -2.04. The molecule has 0 fully saturated rings. The van der Waals surface area contributed by atoms with Crippen LogP contribution in [0.1, 0.15) is 23.0 Å². The van der Waals surface area contributed by atoms with Crippen molar-refractivity contribution in [3.63, 3.8) is 0 Å². The number of aromatic nitrogens is 2. The van der Waals surface area contributed by atoms with E-state index in [9.17, 15) is 9.59 Å². The third-order valence-corrected chi connectivity index (χ3v) is 5.09. The highest BCUT2D eigenvalue weighted by molar-refractivity contribution is 7.99. The molecule has 0 aliphatic heterocycles. The van der Waals surface area contributed by atoms with E-state index in [1.165, 1.54) is 11.3 Å². The van der Waals surface area contributed by atoms with Crippen LogP contribution in [0.3, 0.4) is 0 Å². The minimum atomic E-state index is -0.225. The minimum absolute atomic E-state index is 0.128. The molecule has 0 radical (unpaired) electrons. The van der Waals surface area contributed by atoms with Crippen molar-refractivity contribution in [2.75, 3.05) is 16.4 Å². The number of carbonyl (C=O) groups is 2. The average molecular weight is 399 g/mol. The van der Waals surface area contributed by atoms with Crippen molar-refractivity contribution < 1.29 is 9.59 Å². The van der Waals surface area contributed by atoms with Gasteiger partial charge in [-0.3, -0.25) is 14.9 Å². The van der Waals surface area contributed by atoms with Crippen LogP contribution < -0.4 is 10.6 Å². The normalized spacial score (nSPS) is 10.4. The van der Waals surface area contributed by atoms with Crippen LogP contribution >= 0.6 is 23.1 Å². The summed E-state index contributed by atoms with van der Waals surface area (Å²) in [7, 11) is 0. The van der Waals surface area contributed by atoms with Gasteiger partial charge in [-0.05, 0) is 30.0 Å². The van der Waals surface area contributed by atoms with Crippen LogP contribution in [0.25, 0.3) is 0 Å². The van der Waals surface area contributed by atoms with E-state index in [1.54, 1.807) is 47.6 Å². The first-order chi connectivity index (χ1) is 13.1. The Balaban J connectivity index is 1.54. The fourth-order valence-corrected chi connectivity index (χ4v) is 3.55. The fourth-order valence-electron chi connectivity index (χ4n) is 2.26. The molecule has 1 aromatic carbocycles. The topological polar surface area (TPSA) is 84.0 Å². The van der Waals surface area contributed by atoms with Crippen molar-refractivity contribution >= 4 is 45.7 Å². The molecule has 8 heteroatoms. The van der Waals surface area contributed by atoms with E-state index in [4.69, 9.17) is 0 Å². The molecule has 3 aromatic rings. The fraction of sp³-hybridized carbons (Fsp3) is 0.158. The van der Waals surface area contributed by atoms with Gasteiger partial charge in [0, 0.05) is 10.9 Å². The zero-order valence-electron chi connectivity index (χ0n) is 14.6. The van der Waals surface area contributed by atoms with Crippen LogP contribution in [0.4, 0.5) is 10.8 Å². The Morgan fingerprint density at radius 2 is 1.93 bits per heavy atom. The number of amides is 2. The molecule has 0 saturated carbocycles. The van der Waals surface area contributed by atoms with Gasteiger partial charge in [-0.1, -0.05) is 25.1 Å². The molecule has 138 valence electrons. The Labute approximate surface area is 165 Å². The number of benzene rings is 1. The van der Waals surface area contributed by atoms with Crippen LogP contribution in [0, 0.1) is 0 Å². The first-order valence-corrected chi connectivity index (χ1v) is 10.2. The third kappa shape index (κ3) is 5.63. The summed E-state index contributed by atoms with van der Waals surface area (Å²) < 4.78 is 0. The van der Waals surface area contributed by atoms with Crippen molar-refractivity contribution in [2.45, 2.75) is 18.4 Å². The molecule has 2 N–H and O–H groups in total. The molecular weight excluding hydrogens is 380 g/mol. The molecule has 0 atom stereocenters. The molecule has 0 aliphatic rings. The predicted molar refractivity (Wildman–Crippen MR) is 109 cm³/mol. The van der Waals surface area contributed by atoms with Gasteiger partial charge in [-0.2, -0.15) is 0 Å². The molecule has 6 nitrogen and oxygen atoms in total. The van der Waals surface area contributed by atoms with Crippen LogP contribution in [-0.2, 0) is 11.2 Å². The summed E-state index contributed by atoms with van der Waals surface area (Å²) in [6.07, 6.45) is 1.77. The summed E-state index contributed by atoms with van der Waals surface area (Å²) in [4.78, 5) is 32.9. The van der Waals surface area contributed by atoms with Gasteiger partial charge in [-0.15, -0.1) is 23.1 Å². The molecule has 0 bridgehead atoms. The number of nitrogens with zero attached hydrogens (tertiary/aromatic N) is 2. The van der Waals surface area contributed by atoms with E-state index >= 15 is 0 Å². The summed E-state index contributed by atoms with van der Waals surface area (Å²) in [5, 5.41) is 8.70. The van der Waals surface area contributed by atoms with Crippen molar-refractivity contribution in [3.05, 3.63) is 65.3 Å². The minimum Gasteiger partial charge on any atom is -0.324 e. The zero-order valence-corrected chi connectivity index (χ0v) is 16.3. The van der Waals surface area contributed by atoms with Crippen molar-refractivity contribution in [3.8, 4) is 0 Å². The Kier molecular flexibility index (Phi) is 6.56. The van der Waals surface area contributed by atoms with E-state index in [0.29, 0.717) is 22.1 Å². The highest BCUT2D eigenvalue weighted by Crippen LogP contribution is 2.19. The molecule has 2 heterocycles. The number of nitrogens with one attached hydrogen (secondary N) is 2. The third-order valence-electron chi connectivity index (χ3n) is 3.46. The van der Waals surface area contributed by atoms with Crippen molar-refractivity contribution in [1.29, 1.82) is 0 Å². The van der Waals surface area contributed by atoms with Gasteiger partial charge >= 0.3 is 0 Å². The molecule has 3 rings (SSSR count). The Bertz CT molecular complexity index is 911. The van der Waals surface area contributed by atoms with Crippen LogP contribution in [0.2, 0.25) is 0 Å². The number of anilines is 2. The number of thiazole rings is 1. The SMILES string of the molecule is CCSc1ccc(NC(=O)Cc2csc(NC(=O)c3ccccc3)n2)cn1. The Hall–Kier alpha value is -2.71. The maximum absolute atomic E-state index is 12.2. The number of hydrogen-bond donors (Lipinski definition) is 2. The maximum Gasteiger partial charge on any atom is 0.257 e. The van der Waals surface area contributed by atoms with Gasteiger partial charge in [-0.25, -0.2) is 9.97 Å². The summed E-state index contributed by atoms with van der Waals surface area (Å²) >= 11 is 2.93. The maximum atomic E-state index is 12.2. The first-order valence-electron chi connectivity index (χ1n) is 8.33. The predicted octanol–water partition coefficient (Wildman–Crippen LogP) is 4.08. The van der Waals surface area contributed by atoms with Gasteiger partial charge in [0.1, 0.15) is 0 Å². The first kappa shape index (κ1) is 19.1. The monoisotopic (exact) mass is 398 g/mol. The molecule has 0 spiro atoms. The summed E-state index contributed by atoms with van der Waals surface area (Å²) in [6.45, 7) is 2.06. The summed E-state index contributed by atoms with van der Waals surface area (Å²) in [6, 6.07) is 12.6. The second-order valence-corrected chi connectivity index (χ2v) is 7.65. The number of carbonyl (C=O) groups excluding carboxylic acids is 2. The van der Waals surface area contributed by atoms with E-state index in [-0.39, 0.29) is 18.2 Å². The second kappa shape index (κ2) is 9.29. The smallest absolute Gasteiger partial charge is 0.257 e. The molecule has 2 amide bonds. The lowest BCUT2D eigenvalue weighted by Crippen LogP contribution is -2.15. The Morgan fingerprint density at radius 1 is 1.11 bits per heavy atom. The highest BCUT2D eigenvalue weighted by atomic mass is 32.2. The average Bonchev–Trinajstić information content (AvgIpc) is 3.11. The molecule has 0 saturated heterocycles. The second-order valence-electron chi connectivity index (χ2n) is 5.51. The number of pyridine rings is 1. The summed E-state index contributed by atoms with van der Waals surface area (Å²) in [5.41, 5.74) is 1.81. The van der Waals surface area contributed by atoms with Crippen molar-refractivity contribution in [1.82, 2.24) is 9.97 Å². The molecular formula is C19H18N4O2S2. The Morgan fingerprint density at radius 3 is 2.63 bits per heavy atom. The van der Waals surface area contributed by atoms with E-state index in [2.05, 4.69) is 27.5 Å². The van der Waals surface area contributed by atoms with Gasteiger partial charge in [0.05, 0.1) is 29.0 Å². The lowest BCUT2D eigenvalue weighted by atomic mass is 10.2. The molecule has 2 aromatic heterocycles. The van der Waals surface area contributed by atoms with E-state index in [1.807, 2.05) is 18.2 Å². The van der Waals surface area contributed by atoms with Gasteiger partial charge in [0.2, 0.25) is 5.91 Å². The highest BCUT2D eigenvalue weighted by Gasteiger charge is 2.11. The number of thioether (sulfide) groups is 1. The lowest BCUT2D eigenvalue weighted by molar-refractivity contribution is -0.115. The van der Waals surface area contributed by atoms with Crippen LogP contribution in [0.5, 0.6) is 0 Å². The number of rotatable bonds is 7. The zero-order chi connectivity index (χ0) is 19.1. The summed E-state index contributed by atoms with van der Waals surface area (Å²) in [5.74, 6) is 0.544. The van der Waals surface area contributed by atoms with Crippen molar-refractivity contribution in [2.24, 2.45) is 0 Å². The molecule has 0 unspecified atom stereocenters. The van der Waals surface area contributed by atoms with Gasteiger partial charge in [0.25, 0.3) is 5.91 Å². The largest absolute Gasteiger partial charge is 0.324 e. The molecule has 0 aliphatic carbocycles.